The van der Waals surface area contributed by atoms with E-state index in [0.717, 1.165) is 18.7 Å². The molecule has 3 rings (SSSR count). The number of hydrogen-bond donors (Lipinski definition) is 2. The van der Waals surface area contributed by atoms with Gasteiger partial charge < -0.3 is 14.4 Å². The Bertz CT molecular complexity index is 885. The lowest BCUT2D eigenvalue weighted by atomic mass is 10.2. The molecule has 1 fully saturated rings. The monoisotopic (exact) mass is 405 g/mol. The third kappa shape index (κ3) is 5.79. The first-order valence-corrected chi connectivity index (χ1v) is 10.7. The molecular weight excluding hydrogens is 380 g/mol. The van der Waals surface area contributed by atoms with Gasteiger partial charge in [0.2, 0.25) is 0 Å². The number of aryl methyl sites for hydroxylation is 1. The van der Waals surface area contributed by atoms with Gasteiger partial charge >= 0.3 is 6.09 Å². The van der Waals surface area contributed by atoms with Crippen LogP contribution in [0.4, 0.5) is 4.79 Å². The van der Waals surface area contributed by atoms with Crippen molar-refractivity contribution < 1.29 is 27.6 Å². The third-order valence-electron chi connectivity index (χ3n) is 4.57. The Labute approximate surface area is 165 Å². The maximum atomic E-state index is 12.2. The number of quaternary nitrogens is 1. The van der Waals surface area contributed by atoms with E-state index in [4.69, 9.17) is 9.47 Å². The summed E-state index contributed by atoms with van der Waals surface area (Å²) in [5.74, 6) is 0. The molecule has 1 unspecified atom stereocenters. The van der Waals surface area contributed by atoms with E-state index in [2.05, 4.69) is 12.1 Å². The van der Waals surface area contributed by atoms with Gasteiger partial charge in [0, 0.05) is 5.56 Å². The fourth-order valence-corrected chi connectivity index (χ4v) is 3.98. The van der Waals surface area contributed by atoms with Crippen LogP contribution in [0, 0.1) is 6.92 Å². The van der Waals surface area contributed by atoms with Crippen molar-refractivity contribution in [2.45, 2.75) is 24.5 Å². The Morgan fingerprint density at radius 3 is 2.61 bits per heavy atom. The summed E-state index contributed by atoms with van der Waals surface area (Å²) in [6.07, 6.45) is -1.26. The maximum Gasteiger partial charge on any atom is 0.421 e. The molecule has 0 bridgehead atoms. The lowest BCUT2D eigenvalue weighted by molar-refractivity contribution is -0.925. The van der Waals surface area contributed by atoms with Crippen molar-refractivity contribution in [3.63, 3.8) is 0 Å². The highest BCUT2D eigenvalue weighted by Gasteiger charge is 2.26. The molecule has 2 N–H and O–H groups in total. The summed E-state index contributed by atoms with van der Waals surface area (Å²) < 4.78 is 37.1. The van der Waals surface area contributed by atoms with Crippen molar-refractivity contribution in [1.29, 1.82) is 0 Å². The van der Waals surface area contributed by atoms with Gasteiger partial charge in [-0.25, -0.2) is 17.9 Å². The second-order valence-electron chi connectivity index (χ2n) is 6.88. The van der Waals surface area contributed by atoms with Crippen molar-refractivity contribution in [2.75, 3.05) is 26.3 Å². The second kappa shape index (κ2) is 9.18. The summed E-state index contributed by atoms with van der Waals surface area (Å²) in [6, 6.07) is 16.4. The minimum Gasteiger partial charge on any atom is -0.446 e. The number of hydrogen-bond acceptors (Lipinski definition) is 5. The fraction of sp³-hybridized carbons (Fsp3) is 0.350. The van der Waals surface area contributed by atoms with Crippen LogP contribution in [0.5, 0.6) is 0 Å². The van der Waals surface area contributed by atoms with Crippen LogP contribution >= 0.6 is 0 Å². The van der Waals surface area contributed by atoms with Crippen LogP contribution in [0.1, 0.15) is 11.1 Å². The molecule has 1 amide bonds. The van der Waals surface area contributed by atoms with Gasteiger partial charge in [0.15, 0.2) is 0 Å². The Kier molecular flexibility index (Phi) is 6.66. The summed E-state index contributed by atoms with van der Waals surface area (Å²) in [5, 5.41) is 0. The Balaban J connectivity index is 1.48. The molecule has 1 saturated heterocycles. The van der Waals surface area contributed by atoms with Crippen molar-refractivity contribution in [2.24, 2.45) is 0 Å². The molecule has 0 spiro atoms. The second-order valence-corrected chi connectivity index (χ2v) is 8.56. The number of morpholine rings is 1. The van der Waals surface area contributed by atoms with Crippen LogP contribution in [0.25, 0.3) is 0 Å². The predicted molar refractivity (Wildman–Crippen MR) is 103 cm³/mol. The largest absolute Gasteiger partial charge is 0.446 e. The highest BCUT2D eigenvalue weighted by atomic mass is 32.2. The first-order valence-electron chi connectivity index (χ1n) is 9.18. The van der Waals surface area contributed by atoms with Gasteiger partial charge in [0.05, 0.1) is 11.5 Å². The quantitative estimate of drug-likeness (QED) is 0.746. The molecule has 0 radical (unpaired) electrons. The highest BCUT2D eigenvalue weighted by Crippen LogP contribution is 2.10. The molecule has 0 aliphatic carbocycles. The van der Waals surface area contributed by atoms with E-state index in [-0.39, 0.29) is 17.6 Å². The van der Waals surface area contributed by atoms with Gasteiger partial charge in [-0.2, -0.15) is 0 Å². The van der Waals surface area contributed by atoms with Crippen LogP contribution in [0.15, 0.2) is 59.5 Å². The number of amides is 1. The average molecular weight is 405 g/mol. The molecule has 2 aromatic rings. The highest BCUT2D eigenvalue weighted by molar-refractivity contribution is 7.90. The molecule has 2 aromatic carbocycles. The van der Waals surface area contributed by atoms with Crippen molar-refractivity contribution in [3.8, 4) is 0 Å². The van der Waals surface area contributed by atoms with E-state index >= 15 is 0 Å². The van der Waals surface area contributed by atoms with Crippen molar-refractivity contribution >= 4 is 16.1 Å². The summed E-state index contributed by atoms with van der Waals surface area (Å²) in [7, 11) is -3.95. The minimum atomic E-state index is -3.95. The van der Waals surface area contributed by atoms with Crippen molar-refractivity contribution in [1.82, 2.24) is 4.72 Å². The molecule has 2 atom stereocenters. The average Bonchev–Trinajstić information content (AvgIpc) is 2.67. The molecule has 0 saturated carbocycles. The zero-order valence-corrected chi connectivity index (χ0v) is 16.6. The van der Waals surface area contributed by atoms with E-state index in [1.807, 2.05) is 29.8 Å². The molecule has 7 nitrogen and oxygen atoms in total. The third-order valence-corrected chi connectivity index (χ3v) is 5.90. The van der Waals surface area contributed by atoms with E-state index in [0.29, 0.717) is 13.2 Å². The Morgan fingerprint density at radius 2 is 1.89 bits per heavy atom. The lowest BCUT2D eigenvalue weighted by Crippen LogP contribution is -3.13. The molecule has 1 aliphatic heterocycles. The summed E-state index contributed by atoms with van der Waals surface area (Å²) in [6.45, 7) is 4.86. The first kappa shape index (κ1) is 20.3. The number of carbonyl (C=O) groups is 1. The number of carbonyl (C=O) groups excluding carboxylic acids is 1. The molecule has 0 aromatic heterocycles. The van der Waals surface area contributed by atoms with E-state index in [9.17, 15) is 13.2 Å². The van der Waals surface area contributed by atoms with E-state index in [1.165, 1.54) is 22.6 Å². The van der Waals surface area contributed by atoms with Crippen molar-refractivity contribution in [3.05, 3.63) is 65.7 Å². The van der Waals surface area contributed by atoms with Crippen LogP contribution in [-0.4, -0.2) is 46.9 Å². The Hall–Kier alpha value is -2.42. The fourth-order valence-electron chi connectivity index (χ4n) is 3.09. The number of benzene rings is 2. The van der Waals surface area contributed by atoms with Crippen LogP contribution in [-0.2, 0) is 26.0 Å². The van der Waals surface area contributed by atoms with Gasteiger partial charge in [-0.15, -0.1) is 0 Å². The molecule has 28 heavy (non-hydrogen) atoms. The Morgan fingerprint density at radius 1 is 1.18 bits per heavy atom. The predicted octanol–water partition coefficient (Wildman–Crippen LogP) is 0.894. The smallest absolute Gasteiger partial charge is 0.421 e. The van der Waals surface area contributed by atoms with Gasteiger partial charge in [-0.3, -0.25) is 0 Å². The van der Waals surface area contributed by atoms with Crippen LogP contribution in [0.2, 0.25) is 0 Å². The van der Waals surface area contributed by atoms with Crippen LogP contribution < -0.4 is 9.62 Å². The minimum absolute atomic E-state index is 0.00748. The number of rotatable bonds is 6. The SMILES string of the molecule is Cc1ccc(S(=O)(=O)NC(=O)OC[C@@H]2C[NH+](Cc3ccccc3)CCO2)cc1. The lowest BCUT2D eigenvalue weighted by Gasteiger charge is -2.29. The molecular formula is C20H25N2O5S+. The molecule has 8 heteroatoms. The normalized spacial score (nSPS) is 19.8. The maximum absolute atomic E-state index is 12.2. The summed E-state index contributed by atoms with van der Waals surface area (Å²) >= 11 is 0. The van der Waals surface area contributed by atoms with Gasteiger partial charge in [0.1, 0.15) is 32.3 Å². The van der Waals surface area contributed by atoms with E-state index < -0.39 is 16.1 Å². The topological polar surface area (TPSA) is 86.1 Å². The zero-order chi connectivity index (χ0) is 20.0. The van der Waals surface area contributed by atoms with Gasteiger partial charge in [-0.1, -0.05) is 48.0 Å². The van der Waals surface area contributed by atoms with Crippen LogP contribution in [0.3, 0.4) is 0 Å². The standard InChI is InChI=1S/C20H24N2O5S/c1-16-7-9-19(10-8-16)28(24,25)21-20(23)27-15-18-14-22(11-12-26-18)13-17-5-3-2-4-6-17/h2-10,18H,11-15H2,1H3,(H,21,23)/p+1/t18-/m0/s1. The summed E-state index contributed by atoms with van der Waals surface area (Å²) in [4.78, 5) is 13.3. The van der Waals surface area contributed by atoms with E-state index in [1.54, 1.807) is 12.1 Å². The van der Waals surface area contributed by atoms with Gasteiger partial charge in [0.25, 0.3) is 10.0 Å². The molecule has 1 heterocycles. The number of ether oxygens (including phenoxy) is 2. The number of nitrogens with one attached hydrogen (secondary N) is 2. The number of sulfonamides is 1. The molecule has 150 valence electrons. The van der Waals surface area contributed by atoms with Gasteiger partial charge in [-0.05, 0) is 19.1 Å². The molecule has 1 aliphatic rings. The first-order chi connectivity index (χ1) is 13.4. The summed E-state index contributed by atoms with van der Waals surface area (Å²) in [5.41, 5.74) is 2.17. The zero-order valence-electron chi connectivity index (χ0n) is 15.8.